The van der Waals surface area contributed by atoms with E-state index < -0.39 is 0 Å². The van der Waals surface area contributed by atoms with Crippen molar-refractivity contribution < 1.29 is 4.79 Å². The van der Waals surface area contributed by atoms with Crippen LogP contribution in [0.25, 0.3) is 0 Å². The standard InChI is InChI=1S/C5H10N2O.ClH/c6-5(8)3-4-1-2-7-4;/h4,7H,1-3H2,(H2,6,8);1H. The molecule has 0 aromatic carbocycles. The Bertz CT molecular complexity index is 103. The van der Waals surface area contributed by atoms with Crippen molar-refractivity contribution in [3.05, 3.63) is 0 Å². The van der Waals surface area contributed by atoms with Crippen LogP contribution < -0.4 is 11.1 Å². The molecule has 3 N–H and O–H groups in total. The van der Waals surface area contributed by atoms with Crippen LogP contribution in [0.2, 0.25) is 0 Å². The lowest BCUT2D eigenvalue weighted by Gasteiger charge is -2.25. The molecule has 1 heterocycles. The number of rotatable bonds is 2. The van der Waals surface area contributed by atoms with Crippen molar-refractivity contribution in [3.8, 4) is 0 Å². The van der Waals surface area contributed by atoms with E-state index in [9.17, 15) is 4.79 Å². The van der Waals surface area contributed by atoms with Crippen LogP contribution in [0, 0.1) is 0 Å². The minimum absolute atomic E-state index is 0. The van der Waals surface area contributed by atoms with Crippen molar-refractivity contribution in [1.82, 2.24) is 5.32 Å². The molecule has 54 valence electrons. The van der Waals surface area contributed by atoms with Crippen molar-refractivity contribution in [1.29, 1.82) is 0 Å². The zero-order valence-corrected chi connectivity index (χ0v) is 5.91. The predicted octanol–water partition coefficient (Wildman–Crippen LogP) is -0.354. The first-order chi connectivity index (χ1) is 3.79. The van der Waals surface area contributed by atoms with E-state index in [-0.39, 0.29) is 18.3 Å². The average Bonchev–Trinajstić information content (AvgIpc) is 1.55. The number of nitrogens with two attached hydrogens (primary N) is 1. The van der Waals surface area contributed by atoms with Gasteiger partial charge in [-0.3, -0.25) is 4.79 Å². The molecule has 0 spiro atoms. The average molecular weight is 151 g/mol. The van der Waals surface area contributed by atoms with Crippen LogP contribution >= 0.6 is 12.4 Å². The van der Waals surface area contributed by atoms with Crippen molar-refractivity contribution in [2.75, 3.05) is 6.54 Å². The van der Waals surface area contributed by atoms with Gasteiger partial charge in [-0.15, -0.1) is 12.4 Å². The molecular formula is C5H11ClN2O. The van der Waals surface area contributed by atoms with Crippen LogP contribution in [0.5, 0.6) is 0 Å². The summed E-state index contributed by atoms with van der Waals surface area (Å²) < 4.78 is 0. The highest BCUT2D eigenvalue weighted by atomic mass is 35.5. The Hall–Kier alpha value is -0.280. The third-order valence-corrected chi connectivity index (χ3v) is 1.37. The highest BCUT2D eigenvalue weighted by Crippen LogP contribution is 2.04. The Morgan fingerprint density at radius 3 is 2.44 bits per heavy atom. The van der Waals surface area contributed by atoms with Gasteiger partial charge in [0.15, 0.2) is 0 Å². The molecule has 1 atom stereocenters. The van der Waals surface area contributed by atoms with Gasteiger partial charge in [-0.1, -0.05) is 0 Å². The molecule has 9 heavy (non-hydrogen) atoms. The van der Waals surface area contributed by atoms with Gasteiger partial charge in [0.1, 0.15) is 0 Å². The summed E-state index contributed by atoms with van der Waals surface area (Å²) in [5, 5.41) is 3.08. The van der Waals surface area contributed by atoms with E-state index in [2.05, 4.69) is 5.32 Å². The molecule has 1 aliphatic heterocycles. The van der Waals surface area contributed by atoms with Gasteiger partial charge < -0.3 is 11.1 Å². The number of primary amides is 1. The molecule has 1 unspecified atom stereocenters. The van der Waals surface area contributed by atoms with Crippen LogP contribution in [-0.2, 0) is 4.79 Å². The maximum atomic E-state index is 10.2. The monoisotopic (exact) mass is 150 g/mol. The molecule has 1 aliphatic rings. The van der Waals surface area contributed by atoms with E-state index in [1.165, 1.54) is 0 Å². The molecule has 0 aliphatic carbocycles. The van der Waals surface area contributed by atoms with E-state index in [1.54, 1.807) is 0 Å². The maximum Gasteiger partial charge on any atom is 0.218 e. The van der Waals surface area contributed by atoms with Crippen LogP contribution in [0.1, 0.15) is 12.8 Å². The molecular weight excluding hydrogens is 140 g/mol. The fourth-order valence-electron chi connectivity index (χ4n) is 0.766. The molecule has 3 nitrogen and oxygen atoms in total. The first-order valence-electron chi connectivity index (χ1n) is 2.81. The number of hydrogen-bond acceptors (Lipinski definition) is 2. The molecule has 1 amide bonds. The Morgan fingerprint density at radius 2 is 2.33 bits per heavy atom. The van der Waals surface area contributed by atoms with Gasteiger partial charge in [0.05, 0.1) is 0 Å². The van der Waals surface area contributed by atoms with E-state index >= 15 is 0 Å². The molecule has 0 aromatic heterocycles. The van der Waals surface area contributed by atoms with Crippen molar-refractivity contribution >= 4 is 18.3 Å². The number of hydrogen-bond donors (Lipinski definition) is 2. The van der Waals surface area contributed by atoms with E-state index in [4.69, 9.17) is 5.73 Å². The predicted molar refractivity (Wildman–Crippen MR) is 37.5 cm³/mol. The Morgan fingerprint density at radius 1 is 1.78 bits per heavy atom. The lowest BCUT2D eigenvalue weighted by atomic mass is 10.0. The van der Waals surface area contributed by atoms with Crippen molar-refractivity contribution in [2.24, 2.45) is 5.73 Å². The lowest BCUT2D eigenvalue weighted by Crippen LogP contribution is -2.45. The second-order valence-corrected chi connectivity index (χ2v) is 2.11. The summed E-state index contributed by atoms with van der Waals surface area (Å²) in [6.07, 6.45) is 1.60. The van der Waals surface area contributed by atoms with E-state index in [0.717, 1.165) is 13.0 Å². The summed E-state index contributed by atoms with van der Waals surface area (Å²) in [6.45, 7) is 1.04. The number of halogens is 1. The molecule has 1 rings (SSSR count). The summed E-state index contributed by atoms with van der Waals surface area (Å²) >= 11 is 0. The molecule has 0 saturated carbocycles. The molecule has 0 radical (unpaired) electrons. The molecule has 0 bridgehead atoms. The molecule has 0 aromatic rings. The fraction of sp³-hybridized carbons (Fsp3) is 0.800. The summed E-state index contributed by atoms with van der Waals surface area (Å²) in [7, 11) is 0. The van der Waals surface area contributed by atoms with Gasteiger partial charge in [0.2, 0.25) is 5.91 Å². The van der Waals surface area contributed by atoms with Crippen LogP contribution in [0.3, 0.4) is 0 Å². The second kappa shape index (κ2) is 3.69. The number of carbonyl (C=O) groups excluding carboxylic acids is 1. The Labute approximate surface area is 60.4 Å². The van der Waals surface area contributed by atoms with E-state index in [0.29, 0.717) is 12.5 Å². The van der Waals surface area contributed by atoms with Crippen LogP contribution in [0.4, 0.5) is 0 Å². The van der Waals surface area contributed by atoms with Gasteiger partial charge in [0.25, 0.3) is 0 Å². The lowest BCUT2D eigenvalue weighted by molar-refractivity contribution is -0.118. The second-order valence-electron chi connectivity index (χ2n) is 2.11. The molecule has 1 fully saturated rings. The van der Waals surface area contributed by atoms with Crippen LogP contribution in [0.15, 0.2) is 0 Å². The summed E-state index contributed by atoms with van der Waals surface area (Å²) in [4.78, 5) is 10.2. The summed E-state index contributed by atoms with van der Waals surface area (Å²) in [5.74, 6) is -0.206. The van der Waals surface area contributed by atoms with Crippen molar-refractivity contribution in [2.45, 2.75) is 18.9 Å². The Balaban J connectivity index is 0.000000640. The van der Waals surface area contributed by atoms with Gasteiger partial charge in [-0.2, -0.15) is 0 Å². The zero-order chi connectivity index (χ0) is 5.98. The summed E-state index contributed by atoms with van der Waals surface area (Å²) in [6, 6.07) is 0.382. The topological polar surface area (TPSA) is 55.1 Å². The minimum atomic E-state index is -0.206. The molecule has 1 saturated heterocycles. The maximum absolute atomic E-state index is 10.2. The third-order valence-electron chi connectivity index (χ3n) is 1.37. The van der Waals surface area contributed by atoms with Crippen LogP contribution in [-0.4, -0.2) is 18.5 Å². The molecule has 4 heteroatoms. The minimum Gasteiger partial charge on any atom is -0.370 e. The normalized spacial score (nSPS) is 23.8. The highest BCUT2D eigenvalue weighted by Gasteiger charge is 2.17. The first-order valence-corrected chi connectivity index (χ1v) is 2.81. The van der Waals surface area contributed by atoms with E-state index in [1.807, 2.05) is 0 Å². The Kier molecular flexibility index (Phi) is 3.58. The SMILES string of the molecule is Cl.NC(=O)CC1CCN1. The number of amides is 1. The largest absolute Gasteiger partial charge is 0.370 e. The quantitative estimate of drug-likeness (QED) is 0.565. The highest BCUT2D eigenvalue weighted by molar-refractivity contribution is 5.85. The van der Waals surface area contributed by atoms with Gasteiger partial charge in [-0.25, -0.2) is 0 Å². The number of carbonyl (C=O) groups is 1. The smallest absolute Gasteiger partial charge is 0.218 e. The van der Waals surface area contributed by atoms with Gasteiger partial charge in [-0.05, 0) is 13.0 Å². The summed E-state index contributed by atoms with van der Waals surface area (Å²) in [5.41, 5.74) is 4.92. The third kappa shape index (κ3) is 2.67. The number of nitrogens with one attached hydrogen (secondary N) is 1. The van der Waals surface area contributed by atoms with Gasteiger partial charge >= 0.3 is 0 Å². The first kappa shape index (κ1) is 8.72. The van der Waals surface area contributed by atoms with Gasteiger partial charge in [0, 0.05) is 12.5 Å². The zero-order valence-electron chi connectivity index (χ0n) is 5.09. The fourth-order valence-corrected chi connectivity index (χ4v) is 0.766. The van der Waals surface area contributed by atoms with Crippen molar-refractivity contribution in [3.63, 3.8) is 0 Å².